The van der Waals surface area contributed by atoms with Gasteiger partial charge < -0.3 is 0 Å². The van der Waals surface area contributed by atoms with Crippen molar-refractivity contribution in [2.75, 3.05) is 0 Å². The zero-order valence-electron chi connectivity index (χ0n) is 29.0. The van der Waals surface area contributed by atoms with Gasteiger partial charge in [-0.05, 0) is 42.5 Å². The smallest absolute Gasteiger partial charge is 0.164 e. The minimum atomic E-state index is 0.558. The lowest BCUT2D eigenvalue weighted by atomic mass is 10.1. The summed E-state index contributed by atoms with van der Waals surface area (Å²) in [5, 5.41) is 0. The number of fused-ring (bicyclic) bond motifs is 2. The third-order valence-corrected chi connectivity index (χ3v) is 9.56. The lowest BCUT2D eigenvalue weighted by molar-refractivity contribution is 1.05. The van der Waals surface area contributed by atoms with E-state index in [0.717, 1.165) is 72.9 Å². The topological polar surface area (TPSA) is 74.3 Å². The monoisotopic (exact) mass is 693 g/mol. The van der Waals surface area contributed by atoms with E-state index in [1.165, 1.54) is 0 Å². The van der Waals surface area contributed by atoms with Gasteiger partial charge in [0.2, 0.25) is 0 Å². The highest BCUT2D eigenvalue weighted by Crippen LogP contribution is 2.36. The van der Waals surface area contributed by atoms with E-state index in [1.807, 2.05) is 109 Å². The van der Waals surface area contributed by atoms with Gasteiger partial charge in [0, 0.05) is 27.8 Å². The summed E-state index contributed by atoms with van der Waals surface area (Å²) in [5.41, 5.74) is 10.3. The standard InChI is InChI=1S/C47H31N7/c1-5-17-32(18-6-1)43-50-44(33-19-7-2-8-20-33)52-45(51-43)36-29-37(53-41-27-15-13-25-39(41)48-46(53)34-21-9-3-10-22-34)31-38(30-36)54-42-28-16-14-26-40(42)49-47(54)35-23-11-4-12-24-35/h1-31H. The van der Waals surface area contributed by atoms with Crippen LogP contribution in [-0.2, 0) is 0 Å². The van der Waals surface area contributed by atoms with Crippen LogP contribution in [0.3, 0.4) is 0 Å². The maximum Gasteiger partial charge on any atom is 0.164 e. The van der Waals surface area contributed by atoms with Crippen molar-refractivity contribution in [2.45, 2.75) is 0 Å². The summed E-state index contributed by atoms with van der Waals surface area (Å²) >= 11 is 0. The van der Waals surface area contributed by atoms with Crippen LogP contribution in [0, 0.1) is 0 Å². The summed E-state index contributed by atoms with van der Waals surface area (Å²) in [4.78, 5) is 25.7. The molecule has 0 bridgehead atoms. The molecule has 0 saturated carbocycles. The molecule has 7 heteroatoms. The molecule has 10 rings (SSSR count). The van der Waals surface area contributed by atoms with Gasteiger partial charge in [-0.15, -0.1) is 0 Å². The Kier molecular flexibility index (Phi) is 7.66. The van der Waals surface area contributed by atoms with Crippen LogP contribution in [0.1, 0.15) is 0 Å². The van der Waals surface area contributed by atoms with Crippen molar-refractivity contribution < 1.29 is 0 Å². The number of aromatic nitrogens is 7. The fourth-order valence-electron chi connectivity index (χ4n) is 7.06. The lowest BCUT2D eigenvalue weighted by Gasteiger charge is -2.17. The van der Waals surface area contributed by atoms with Crippen molar-refractivity contribution in [3.8, 4) is 68.3 Å². The zero-order valence-corrected chi connectivity index (χ0v) is 29.0. The molecule has 0 spiro atoms. The Bertz CT molecular complexity index is 2720. The third kappa shape index (κ3) is 5.61. The molecule has 0 aliphatic heterocycles. The number of rotatable bonds is 7. The maximum atomic E-state index is 5.18. The van der Waals surface area contributed by atoms with Crippen LogP contribution in [0.15, 0.2) is 188 Å². The summed E-state index contributed by atoms with van der Waals surface area (Å²) in [7, 11) is 0. The summed E-state index contributed by atoms with van der Waals surface area (Å²) in [6, 6.07) is 63.8. The molecule has 3 heterocycles. The second kappa shape index (κ2) is 13.2. The molecule has 54 heavy (non-hydrogen) atoms. The summed E-state index contributed by atoms with van der Waals surface area (Å²) in [6.45, 7) is 0. The van der Waals surface area contributed by atoms with Gasteiger partial charge >= 0.3 is 0 Å². The van der Waals surface area contributed by atoms with Crippen molar-refractivity contribution in [1.82, 2.24) is 34.1 Å². The molecule has 0 N–H and O–H groups in total. The van der Waals surface area contributed by atoms with Crippen LogP contribution < -0.4 is 0 Å². The normalized spacial score (nSPS) is 11.3. The van der Waals surface area contributed by atoms with E-state index in [9.17, 15) is 0 Å². The van der Waals surface area contributed by atoms with E-state index < -0.39 is 0 Å². The SMILES string of the molecule is c1ccc(-c2nc(-c3ccccc3)nc(-c3cc(-n4c(-c5ccccc5)nc5ccccc54)cc(-n4c(-c5ccccc5)nc5ccccc54)c3)n2)cc1. The first-order chi connectivity index (χ1) is 26.8. The number of benzene rings is 7. The molecule has 0 aliphatic rings. The largest absolute Gasteiger partial charge is 0.292 e. The Morgan fingerprint density at radius 3 is 1.02 bits per heavy atom. The van der Waals surface area contributed by atoms with Crippen molar-refractivity contribution in [1.29, 1.82) is 0 Å². The van der Waals surface area contributed by atoms with Gasteiger partial charge in [-0.3, -0.25) is 9.13 Å². The van der Waals surface area contributed by atoms with E-state index in [2.05, 4.69) is 88.0 Å². The molecule has 0 unspecified atom stereocenters. The quantitative estimate of drug-likeness (QED) is 0.166. The average Bonchev–Trinajstić information content (AvgIpc) is 3.84. The highest BCUT2D eigenvalue weighted by atomic mass is 15.1. The van der Waals surface area contributed by atoms with Crippen molar-refractivity contribution in [2.24, 2.45) is 0 Å². The summed E-state index contributed by atoms with van der Waals surface area (Å²) in [6.07, 6.45) is 0. The van der Waals surface area contributed by atoms with Crippen LogP contribution in [0.2, 0.25) is 0 Å². The van der Waals surface area contributed by atoms with Gasteiger partial charge in [0.05, 0.1) is 33.4 Å². The van der Waals surface area contributed by atoms with Crippen molar-refractivity contribution in [3.63, 3.8) is 0 Å². The molecule has 0 aliphatic carbocycles. The molecule has 0 saturated heterocycles. The number of imidazole rings is 2. The molecule has 254 valence electrons. The van der Waals surface area contributed by atoms with Gasteiger partial charge in [-0.25, -0.2) is 24.9 Å². The van der Waals surface area contributed by atoms with Crippen LogP contribution >= 0.6 is 0 Å². The second-order valence-electron chi connectivity index (χ2n) is 13.0. The van der Waals surface area contributed by atoms with Crippen molar-refractivity contribution in [3.05, 3.63) is 188 Å². The van der Waals surface area contributed by atoms with Gasteiger partial charge in [-0.2, -0.15) is 0 Å². The Morgan fingerprint density at radius 1 is 0.278 bits per heavy atom. The Balaban J connectivity index is 1.30. The van der Waals surface area contributed by atoms with Crippen molar-refractivity contribution >= 4 is 22.1 Å². The van der Waals surface area contributed by atoms with Crippen LogP contribution in [-0.4, -0.2) is 34.1 Å². The highest BCUT2D eigenvalue weighted by Gasteiger charge is 2.21. The van der Waals surface area contributed by atoms with Gasteiger partial charge in [0.15, 0.2) is 17.5 Å². The van der Waals surface area contributed by atoms with E-state index >= 15 is 0 Å². The third-order valence-electron chi connectivity index (χ3n) is 9.56. The fourth-order valence-corrected chi connectivity index (χ4v) is 7.06. The predicted molar refractivity (Wildman–Crippen MR) is 216 cm³/mol. The molecular weight excluding hydrogens is 663 g/mol. The molecule has 7 nitrogen and oxygen atoms in total. The zero-order chi connectivity index (χ0) is 35.8. The summed E-state index contributed by atoms with van der Waals surface area (Å²) < 4.78 is 4.47. The number of hydrogen-bond donors (Lipinski definition) is 0. The molecule has 0 atom stereocenters. The average molecular weight is 694 g/mol. The Hall–Kier alpha value is -7.51. The van der Waals surface area contributed by atoms with Gasteiger partial charge in [-0.1, -0.05) is 146 Å². The maximum absolute atomic E-state index is 5.18. The lowest BCUT2D eigenvalue weighted by Crippen LogP contribution is -2.05. The van der Waals surface area contributed by atoms with E-state index in [0.29, 0.717) is 17.5 Å². The number of nitrogens with zero attached hydrogens (tertiary/aromatic N) is 7. The van der Waals surface area contributed by atoms with E-state index in [-0.39, 0.29) is 0 Å². The van der Waals surface area contributed by atoms with Crippen LogP contribution in [0.4, 0.5) is 0 Å². The molecular formula is C47H31N7. The molecule has 0 fully saturated rings. The molecule has 0 amide bonds. The summed E-state index contributed by atoms with van der Waals surface area (Å²) in [5.74, 6) is 3.43. The van der Waals surface area contributed by atoms with Crippen LogP contribution in [0.5, 0.6) is 0 Å². The second-order valence-corrected chi connectivity index (χ2v) is 13.0. The van der Waals surface area contributed by atoms with Gasteiger partial charge in [0.1, 0.15) is 11.6 Å². The Labute approximate surface area is 311 Å². The first-order valence-corrected chi connectivity index (χ1v) is 17.9. The highest BCUT2D eigenvalue weighted by molar-refractivity contribution is 5.86. The number of hydrogen-bond acceptors (Lipinski definition) is 5. The fraction of sp³-hybridized carbons (Fsp3) is 0. The molecule has 0 radical (unpaired) electrons. The number of para-hydroxylation sites is 4. The first kappa shape index (κ1) is 31.2. The molecule has 10 aromatic rings. The predicted octanol–water partition coefficient (Wildman–Crippen LogP) is 10.9. The van der Waals surface area contributed by atoms with E-state index in [4.69, 9.17) is 24.9 Å². The van der Waals surface area contributed by atoms with Crippen LogP contribution in [0.25, 0.3) is 90.4 Å². The minimum absolute atomic E-state index is 0.558. The van der Waals surface area contributed by atoms with E-state index in [1.54, 1.807) is 0 Å². The molecule has 3 aromatic heterocycles. The first-order valence-electron chi connectivity index (χ1n) is 17.9. The van der Waals surface area contributed by atoms with Gasteiger partial charge in [0.25, 0.3) is 0 Å². The minimum Gasteiger partial charge on any atom is -0.292 e. The Morgan fingerprint density at radius 2 is 0.611 bits per heavy atom. The molecule has 7 aromatic carbocycles.